The van der Waals surface area contributed by atoms with Crippen LogP contribution >= 0.6 is 11.6 Å². The molecule has 0 aliphatic heterocycles. The van der Waals surface area contributed by atoms with E-state index < -0.39 is 54.0 Å². The van der Waals surface area contributed by atoms with Gasteiger partial charge in [0.15, 0.2) is 0 Å². The molecular formula is C32H45ClN4O6. The van der Waals surface area contributed by atoms with Crippen LogP contribution in [0, 0.1) is 19.8 Å². The second-order valence-corrected chi connectivity index (χ2v) is 12.7. The summed E-state index contributed by atoms with van der Waals surface area (Å²) in [6.07, 6.45) is -0.171. The highest BCUT2D eigenvalue weighted by atomic mass is 35.5. The van der Waals surface area contributed by atoms with Gasteiger partial charge in [-0.1, -0.05) is 43.6 Å². The third kappa shape index (κ3) is 10.5. The van der Waals surface area contributed by atoms with E-state index in [0.717, 1.165) is 6.42 Å². The van der Waals surface area contributed by atoms with Gasteiger partial charge in [0.05, 0.1) is 17.1 Å². The molecule has 0 heterocycles. The molecule has 0 radical (unpaired) electrons. The van der Waals surface area contributed by atoms with E-state index in [4.69, 9.17) is 22.1 Å². The van der Waals surface area contributed by atoms with Gasteiger partial charge in [-0.25, -0.2) is 4.79 Å². The number of halogens is 1. The molecule has 0 saturated heterocycles. The Morgan fingerprint density at radius 3 is 2.21 bits per heavy atom. The topological polar surface area (TPSA) is 151 Å². The Labute approximate surface area is 259 Å². The summed E-state index contributed by atoms with van der Waals surface area (Å²) in [5.41, 5.74) is 6.64. The largest absolute Gasteiger partial charge is 0.508 e. The van der Waals surface area contributed by atoms with E-state index >= 15 is 0 Å². The van der Waals surface area contributed by atoms with Gasteiger partial charge in [0.2, 0.25) is 11.8 Å². The molecule has 0 aliphatic carbocycles. The summed E-state index contributed by atoms with van der Waals surface area (Å²) in [5, 5.41) is 15.9. The fourth-order valence-corrected chi connectivity index (χ4v) is 4.88. The van der Waals surface area contributed by atoms with E-state index in [1.807, 2.05) is 20.8 Å². The maximum absolute atomic E-state index is 14.4. The van der Waals surface area contributed by atoms with Crippen molar-refractivity contribution >= 4 is 41.1 Å². The summed E-state index contributed by atoms with van der Waals surface area (Å²) in [7, 11) is 0. The number of rotatable bonds is 12. The van der Waals surface area contributed by atoms with Crippen LogP contribution in [-0.2, 0) is 19.1 Å². The van der Waals surface area contributed by atoms with Gasteiger partial charge in [0, 0.05) is 6.04 Å². The molecule has 0 aliphatic rings. The van der Waals surface area contributed by atoms with E-state index in [2.05, 4.69) is 10.6 Å². The monoisotopic (exact) mass is 616 g/mol. The summed E-state index contributed by atoms with van der Waals surface area (Å²) in [6, 6.07) is 6.66. The van der Waals surface area contributed by atoms with Crippen LogP contribution < -0.4 is 16.4 Å². The fraction of sp³-hybridized carbons (Fsp3) is 0.500. The average Bonchev–Trinajstić information content (AvgIpc) is 2.87. The van der Waals surface area contributed by atoms with Crippen molar-refractivity contribution in [3.05, 3.63) is 58.1 Å². The number of aryl methyl sites for hydroxylation is 2. The summed E-state index contributed by atoms with van der Waals surface area (Å²) in [6.45, 7) is 14.4. The number of hydrogen-bond acceptors (Lipinski definition) is 6. The lowest BCUT2D eigenvalue weighted by molar-refractivity contribution is -0.144. The van der Waals surface area contributed by atoms with Gasteiger partial charge in [-0.05, 0) is 95.2 Å². The van der Waals surface area contributed by atoms with E-state index in [1.165, 1.54) is 11.0 Å². The van der Waals surface area contributed by atoms with Gasteiger partial charge >= 0.3 is 6.09 Å². The molecule has 5 N–H and O–H groups in total. The van der Waals surface area contributed by atoms with Crippen molar-refractivity contribution in [1.29, 1.82) is 0 Å². The first-order valence-electron chi connectivity index (χ1n) is 14.4. The predicted octanol–water partition coefficient (Wildman–Crippen LogP) is 5.76. The van der Waals surface area contributed by atoms with Gasteiger partial charge in [-0.2, -0.15) is 0 Å². The van der Waals surface area contributed by atoms with Crippen LogP contribution in [0.5, 0.6) is 5.75 Å². The molecule has 10 nitrogen and oxygen atoms in total. The minimum atomic E-state index is -1.41. The van der Waals surface area contributed by atoms with Gasteiger partial charge < -0.3 is 31.1 Å². The summed E-state index contributed by atoms with van der Waals surface area (Å²) in [5.74, 6) is -1.76. The van der Waals surface area contributed by atoms with Crippen LogP contribution in [0.25, 0.3) is 0 Å². The number of nitrogens with zero attached hydrogens (tertiary/aromatic N) is 1. The SMILES string of the molecule is Cc1cc(C(C(=O)Nc2c(C)cccc2Cl)N(C(=O)C(CC(N)=O)NC(=O)OC(C)(C)C)C(C)CCC(C)C)ccc1O. The van der Waals surface area contributed by atoms with Crippen molar-refractivity contribution in [1.82, 2.24) is 10.2 Å². The first-order valence-corrected chi connectivity index (χ1v) is 14.7. The molecule has 2 rings (SSSR count). The van der Waals surface area contributed by atoms with Gasteiger partial charge in [0.25, 0.3) is 5.91 Å². The van der Waals surface area contributed by atoms with E-state index in [1.54, 1.807) is 65.0 Å². The highest BCUT2D eigenvalue weighted by Crippen LogP contribution is 2.33. The lowest BCUT2D eigenvalue weighted by atomic mass is 9.95. The molecule has 4 amide bonds. The number of primary amides is 1. The normalized spacial score (nSPS) is 13.5. The Bertz CT molecular complexity index is 1300. The molecule has 43 heavy (non-hydrogen) atoms. The molecule has 3 unspecified atom stereocenters. The minimum Gasteiger partial charge on any atom is -0.508 e. The quantitative estimate of drug-likeness (QED) is 0.238. The highest BCUT2D eigenvalue weighted by molar-refractivity contribution is 6.34. The van der Waals surface area contributed by atoms with E-state index in [0.29, 0.717) is 39.7 Å². The molecule has 2 aromatic rings. The summed E-state index contributed by atoms with van der Waals surface area (Å²) in [4.78, 5) is 54.9. The molecule has 3 atom stereocenters. The Hall–Kier alpha value is -3.79. The molecule has 0 aromatic heterocycles. The number of hydrogen-bond donors (Lipinski definition) is 4. The number of carbonyl (C=O) groups excluding carboxylic acids is 4. The van der Waals surface area contributed by atoms with Gasteiger partial charge in [-0.15, -0.1) is 0 Å². The molecule has 0 spiro atoms. The van der Waals surface area contributed by atoms with Crippen molar-refractivity contribution in [3.8, 4) is 5.75 Å². The molecule has 0 bridgehead atoms. The van der Waals surface area contributed by atoms with Crippen LogP contribution in [0.1, 0.15) is 83.5 Å². The number of benzene rings is 2. The van der Waals surface area contributed by atoms with Crippen LogP contribution in [0.15, 0.2) is 36.4 Å². The zero-order chi connectivity index (χ0) is 32.6. The zero-order valence-electron chi connectivity index (χ0n) is 26.3. The van der Waals surface area contributed by atoms with Crippen LogP contribution in [0.3, 0.4) is 0 Å². The summed E-state index contributed by atoms with van der Waals surface area (Å²) >= 11 is 6.44. The molecule has 11 heteroatoms. The third-order valence-electron chi connectivity index (χ3n) is 6.82. The number of nitrogens with two attached hydrogens (primary N) is 1. The number of anilines is 1. The van der Waals surface area contributed by atoms with Crippen molar-refractivity contribution in [3.63, 3.8) is 0 Å². The number of ether oxygens (including phenoxy) is 1. The number of alkyl carbamates (subject to hydrolysis) is 1. The first kappa shape index (κ1) is 35.4. The minimum absolute atomic E-state index is 0.0220. The maximum Gasteiger partial charge on any atom is 0.408 e. The number of phenols is 1. The third-order valence-corrected chi connectivity index (χ3v) is 7.13. The molecule has 236 valence electrons. The van der Waals surface area contributed by atoms with Crippen molar-refractivity contribution in [2.75, 3.05) is 5.32 Å². The van der Waals surface area contributed by atoms with Crippen LogP contribution in [0.2, 0.25) is 5.02 Å². The van der Waals surface area contributed by atoms with Gasteiger partial charge in [0.1, 0.15) is 23.4 Å². The van der Waals surface area contributed by atoms with Crippen molar-refractivity contribution < 1.29 is 29.0 Å². The number of para-hydroxylation sites is 1. The van der Waals surface area contributed by atoms with Crippen LogP contribution in [-0.4, -0.2) is 51.5 Å². The number of carbonyl (C=O) groups is 4. The number of aromatic hydroxyl groups is 1. The Kier molecular flexibility index (Phi) is 12.4. The smallest absolute Gasteiger partial charge is 0.408 e. The zero-order valence-corrected chi connectivity index (χ0v) is 27.0. The lowest BCUT2D eigenvalue weighted by Crippen LogP contribution is -2.55. The predicted molar refractivity (Wildman–Crippen MR) is 168 cm³/mol. The standard InChI is InChI=1S/C32H45ClN4O6/c1-18(2)12-13-21(5)37(30(41)24(17-26(34)39)35-31(42)43-32(6,7)8)28(22-14-15-25(38)20(4)16-22)29(40)36-27-19(3)10-9-11-23(27)33/h9-11,14-16,18,21,24,28,38H,12-13,17H2,1-8H3,(H2,34,39)(H,35,42)(H,36,40). The second kappa shape index (κ2) is 15.1. The Morgan fingerprint density at radius 1 is 1.02 bits per heavy atom. The van der Waals surface area contributed by atoms with E-state index in [-0.39, 0.29) is 5.75 Å². The lowest BCUT2D eigenvalue weighted by Gasteiger charge is -2.39. The van der Waals surface area contributed by atoms with Crippen LogP contribution in [0.4, 0.5) is 10.5 Å². The number of nitrogens with one attached hydrogen (secondary N) is 2. The van der Waals surface area contributed by atoms with Crippen molar-refractivity contribution in [2.45, 2.75) is 98.4 Å². The molecule has 0 saturated carbocycles. The molecule has 0 fully saturated rings. The van der Waals surface area contributed by atoms with Gasteiger partial charge in [-0.3, -0.25) is 14.4 Å². The highest BCUT2D eigenvalue weighted by Gasteiger charge is 2.40. The van der Waals surface area contributed by atoms with Crippen molar-refractivity contribution in [2.24, 2.45) is 11.7 Å². The fourth-order valence-electron chi connectivity index (χ4n) is 4.61. The first-order chi connectivity index (χ1) is 19.9. The number of phenolic OH excluding ortho intramolecular Hbond substituents is 1. The maximum atomic E-state index is 14.4. The number of amides is 4. The Morgan fingerprint density at radius 2 is 1.67 bits per heavy atom. The summed E-state index contributed by atoms with van der Waals surface area (Å²) < 4.78 is 5.35. The van der Waals surface area contributed by atoms with E-state index in [9.17, 15) is 24.3 Å². The Balaban J connectivity index is 2.72. The molecule has 2 aromatic carbocycles. The molecular weight excluding hydrogens is 572 g/mol. The second-order valence-electron chi connectivity index (χ2n) is 12.3. The average molecular weight is 617 g/mol.